The Bertz CT molecular complexity index is 622. The predicted octanol–water partition coefficient (Wildman–Crippen LogP) is 3.27. The lowest BCUT2D eigenvalue weighted by Gasteiger charge is -2.21. The first-order valence-corrected chi connectivity index (χ1v) is 9.70. The molecular weight excluding hydrogens is 469 g/mol. The van der Waals surface area contributed by atoms with Crippen molar-refractivity contribution in [3.63, 3.8) is 0 Å². The van der Waals surface area contributed by atoms with Gasteiger partial charge in [-0.05, 0) is 44.9 Å². The van der Waals surface area contributed by atoms with Gasteiger partial charge in [-0.1, -0.05) is 12.1 Å². The van der Waals surface area contributed by atoms with Crippen molar-refractivity contribution in [2.24, 2.45) is 10.9 Å². The van der Waals surface area contributed by atoms with Gasteiger partial charge in [0, 0.05) is 44.4 Å². The average Bonchev–Trinajstić information content (AvgIpc) is 3.08. The lowest BCUT2D eigenvalue weighted by Crippen LogP contribution is -2.40. The van der Waals surface area contributed by atoms with Gasteiger partial charge in [-0.2, -0.15) is 0 Å². The van der Waals surface area contributed by atoms with E-state index in [9.17, 15) is 4.79 Å². The minimum atomic E-state index is -0.190. The van der Waals surface area contributed by atoms with E-state index in [2.05, 4.69) is 27.8 Å². The molecule has 1 aliphatic rings. The molecule has 1 aromatic rings. The molecule has 1 atom stereocenters. The Labute approximate surface area is 185 Å². The van der Waals surface area contributed by atoms with E-state index in [1.807, 2.05) is 38.1 Å². The number of nitrogens with one attached hydrogen (secondary N) is 3. The van der Waals surface area contributed by atoms with Gasteiger partial charge < -0.3 is 25.6 Å². The van der Waals surface area contributed by atoms with Crippen LogP contribution in [-0.4, -0.2) is 56.3 Å². The molecule has 2 amide bonds. The van der Waals surface area contributed by atoms with Crippen LogP contribution in [-0.2, 0) is 11.3 Å². The molecule has 0 aliphatic carbocycles. The van der Waals surface area contributed by atoms with Gasteiger partial charge in [-0.15, -0.1) is 24.0 Å². The molecule has 158 valence electrons. The Balaban J connectivity index is 0.00000392. The van der Waals surface area contributed by atoms with Crippen LogP contribution in [0.4, 0.5) is 10.5 Å². The van der Waals surface area contributed by atoms with Gasteiger partial charge in [0.25, 0.3) is 0 Å². The number of aliphatic imine (C=N–C) groups is 1. The number of rotatable bonds is 7. The van der Waals surface area contributed by atoms with E-state index in [1.165, 1.54) is 0 Å². The maximum atomic E-state index is 11.7. The Morgan fingerprint density at radius 3 is 2.64 bits per heavy atom. The lowest BCUT2D eigenvalue weighted by atomic mass is 10.1. The van der Waals surface area contributed by atoms with Gasteiger partial charge in [-0.3, -0.25) is 0 Å². The van der Waals surface area contributed by atoms with Crippen LogP contribution in [0.3, 0.4) is 0 Å². The molecule has 8 heteroatoms. The quantitative estimate of drug-likeness (QED) is 0.303. The molecular formula is C20H34IN5O2. The third kappa shape index (κ3) is 8.22. The second-order valence-electron chi connectivity index (χ2n) is 7.18. The van der Waals surface area contributed by atoms with Crippen molar-refractivity contribution in [2.75, 3.05) is 38.7 Å². The van der Waals surface area contributed by atoms with Crippen LogP contribution in [0.2, 0.25) is 0 Å². The summed E-state index contributed by atoms with van der Waals surface area (Å²) in [5.74, 6) is 1.52. The summed E-state index contributed by atoms with van der Waals surface area (Å²) in [5.41, 5.74) is 1.88. The first kappa shape index (κ1) is 24.5. The van der Waals surface area contributed by atoms with Crippen molar-refractivity contribution < 1.29 is 9.53 Å². The van der Waals surface area contributed by atoms with Crippen LogP contribution in [0.1, 0.15) is 32.8 Å². The SMILES string of the molecule is CCNC(=NCc1ccc(NC(=O)NC(C)C)cc1)N1CCC(COC)C1.I. The van der Waals surface area contributed by atoms with Gasteiger partial charge in [0.1, 0.15) is 0 Å². The summed E-state index contributed by atoms with van der Waals surface area (Å²) in [7, 11) is 1.76. The van der Waals surface area contributed by atoms with Crippen LogP contribution in [0.5, 0.6) is 0 Å². The highest BCUT2D eigenvalue weighted by atomic mass is 127. The van der Waals surface area contributed by atoms with Gasteiger partial charge in [0.15, 0.2) is 5.96 Å². The molecule has 1 saturated heterocycles. The topological polar surface area (TPSA) is 78.0 Å². The zero-order valence-corrected chi connectivity index (χ0v) is 19.7. The Kier molecular flexibility index (Phi) is 11.2. The first-order valence-electron chi connectivity index (χ1n) is 9.70. The number of hydrogen-bond donors (Lipinski definition) is 3. The number of carbonyl (C=O) groups excluding carboxylic acids is 1. The Morgan fingerprint density at radius 1 is 1.32 bits per heavy atom. The van der Waals surface area contributed by atoms with E-state index >= 15 is 0 Å². The first-order chi connectivity index (χ1) is 13.0. The monoisotopic (exact) mass is 503 g/mol. The van der Waals surface area contributed by atoms with Crippen molar-refractivity contribution in [1.29, 1.82) is 0 Å². The van der Waals surface area contributed by atoms with Crippen molar-refractivity contribution in [3.8, 4) is 0 Å². The number of halogens is 1. The highest BCUT2D eigenvalue weighted by molar-refractivity contribution is 14.0. The van der Waals surface area contributed by atoms with Crippen molar-refractivity contribution in [3.05, 3.63) is 29.8 Å². The van der Waals surface area contributed by atoms with E-state index in [0.717, 1.165) is 49.9 Å². The maximum absolute atomic E-state index is 11.7. The second kappa shape index (κ2) is 12.8. The molecule has 1 unspecified atom stereocenters. The van der Waals surface area contributed by atoms with Crippen LogP contribution in [0, 0.1) is 5.92 Å². The van der Waals surface area contributed by atoms with Crippen molar-refractivity contribution in [2.45, 2.75) is 39.8 Å². The third-order valence-electron chi connectivity index (χ3n) is 4.37. The summed E-state index contributed by atoms with van der Waals surface area (Å²) in [6, 6.07) is 7.72. The van der Waals surface area contributed by atoms with Crippen LogP contribution >= 0.6 is 24.0 Å². The van der Waals surface area contributed by atoms with E-state index in [0.29, 0.717) is 12.5 Å². The molecule has 1 fully saturated rings. The van der Waals surface area contributed by atoms with Crippen LogP contribution in [0.15, 0.2) is 29.3 Å². The molecule has 0 bridgehead atoms. The van der Waals surface area contributed by atoms with E-state index in [4.69, 9.17) is 9.73 Å². The molecule has 1 heterocycles. The molecule has 3 N–H and O–H groups in total. The highest BCUT2D eigenvalue weighted by Crippen LogP contribution is 2.17. The Morgan fingerprint density at radius 2 is 2.04 bits per heavy atom. The number of ether oxygens (including phenoxy) is 1. The zero-order chi connectivity index (χ0) is 19.6. The Hall–Kier alpha value is -1.55. The number of guanidine groups is 1. The maximum Gasteiger partial charge on any atom is 0.319 e. The number of hydrogen-bond acceptors (Lipinski definition) is 3. The number of benzene rings is 1. The molecule has 2 rings (SSSR count). The molecule has 0 aromatic heterocycles. The number of carbonyl (C=O) groups is 1. The van der Waals surface area contributed by atoms with Gasteiger partial charge in [0.2, 0.25) is 0 Å². The fourth-order valence-corrected chi connectivity index (χ4v) is 3.11. The van der Waals surface area contributed by atoms with Gasteiger partial charge in [0.05, 0.1) is 13.2 Å². The lowest BCUT2D eigenvalue weighted by molar-refractivity contribution is 0.157. The summed E-state index contributed by atoms with van der Waals surface area (Å²) in [5, 5.41) is 9.02. The molecule has 0 radical (unpaired) electrons. The number of likely N-dealkylation sites (tertiary alicyclic amines) is 1. The van der Waals surface area contributed by atoms with Gasteiger partial charge in [-0.25, -0.2) is 9.79 Å². The summed E-state index contributed by atoms with van der Waals surface area (Å²) < 4.78 is 5.28. The van der Waals surface area contributed by atoms with Gasteiger partial charge >= 0.3 is 6.03 Å². The average molecular weight is 503 g/mol. The van der Waals surface area contributed by atoms with Crippen molar-refractivity contribution in [1.82, 2.24) is 15.5 Å². The number of methoxy groups -OCH3 is 1. The normalized spacial score (nSPS) is 16.7. The second-order valence-corrected chi connectivity index (χ2v) is 7.18. The molecule has 0 spiro atoms. The minimum absolute atomic E-state index is 0. The largest absolute Gasteiger partial charge is 0.384 e. The zero-order valence-electron chi connectivity index (χ0n) is 17.3. The molecule has 28 heavy (non-hydrogen) atoms. The highest BCUT2D eigenvalue weighted by Gasteiger charge is 2.24. The number of nitrogens with zero attached hydrogens (tertiary/aromatic N) is 2. The predicted molar refractivity (Wildman–Crippen MR) is 126 cm³/mol. The van der Waals surface area contributed by atoms with Crippen molar-refractivity contribution >= 4 is 41.7 Å². The fraction of sp³-hybridized carbons (Fsp3) is 0.600. The summed E-state index contributed by atoms with van der Waals surface area (Å²) >= 11 is 0. The number of urea groups is 1. The molecule has 7 nitrogen and oxygen atoms in total. The molecule has 1 aliphatic heterocycles. The number of anilines is 1. The number of amides is 2. The van der Waals surface area contributed by atoms with Crippen LogP contribution in [0.25, 0.3) is 0 Å². The molecule has 1 aromatic carbocycles. The summed E-state index contributed by atoms with van der Waals surface area (Å²) in [6.45, 7) is 10.2. The smallest absolute Gasteiger partial charge is 0.319 e. The van der Waals surface area contributed by atoms with E-state index < -0.39 is 0 Å². The molecule has 0 saturated carbocycles. The third-order valence-corrected chi connectivity index (χ3v) is 4.37. The minimum Gasteiger partial charge on any atom is -0.384 e. The summed E-state index contributed by atoms with van der Waals surface area (Å²) in [4.78, 5) is 18.8. The van der Waals surface area contributed by atoms with E-state index in [-0.39, 0.29) is 36.0 Å². The standard InChI is InChI=1S/C20H33N5O2.HI/c1-5-21-19(25-11-10-17(13-25)14-27-4)22-12-16-6-8-18(9-7-16)24-20(26)23-15(2)3;/h6-9,15,17H,5,10-14H2,1-4H3,(H,21,22)(H2,23,24,26);1H. The van der Waals surface area contributed by atoms with E-state index in [1.54, 1.807) is 7.11 Å². The fourth-order valence-electron chi connectivity index (χ4n) is 3.11. The summed E-state index contributed by atoms with van der Waals surface area (Å²) in [6.07, 6.45) is 1.14. The van der Waals surface area contributed by atoms with Crippen LogP contribution < -0.4 is 16.0 Å².